The number of amides is 1. The van der Waals surface area contributed by atoms with Gasteiger partial charge in [-0.3, -0.25) is 4.57 Å². The van der Waals surface area contributed by atoms with E-state index in [0.29, 0.717) is 29.4 Å². The van der Waals surface area contributed by atoms with Gasteiger partial charge in [0.2, 0.25) is 0 Å². The van der Waals surface area contributed by atoms with Crippen LogP contribution in [0.25, 0.3) is 10.9 Å². The Morgan fingerprint density at radius 2 is 1.96 bits per heavy atom. The van der Waals surface area contributed by atoms with Gasteiger partial charge in [-0.2, -0.15) is 5.26 Å². The Morgan fingerprint density at radius 1 is 1.23 bits per heavy atom. The molecule has 134 valence electrons. The molecule has 7 heteroatoms. The van der Waals surface area contributed by atoms with Crippen LogP contribution in [0, 0.1) is 11.3 Å². The molecule has 0 aliphatic rings. The second-order valence-electron chi connectivity index (χ2n) is 5.31. The fourth-order valence-electron chi connectivity index (χ4n) is 2.37. The number of carbonyl (C=O) groups is 2. The third kappa shape index (κ3) is 4.51. The van der Waals surface area contributed by atoms with Gasteiger partial charge >= 0.3 is 12.2 Å². The monoisotopic (exact) mass is 353 g/mol. The van der Waals surface area contributed by atoms with Crippen LogP contribution in [0.4, 0.5) is 9.59 Å². The van der Waals surface area contributed by atoms with Crippen LogP contribution in [0.15, 0.2) is 49.7 Å². The van der Waals surface area contributed by atoms with E-state index >= 15 is 0 Å². The van der Waals surface area contributed by atoms with Gasteiger partial charge in [0.25, 0.3) is 0 Å². The van der Waals surface area contributed by atoms with E-state index in [1.807, 2.05) is 12.1 Å². The van der Waals surface area contributed by atoms with Gasteiger partial charge in [-0.25, -0.2) is 9.59 Å². The van der Waals surface area contributed by atoms with Crippen molar-refractivity contribution in [3.8, 4) is 6.07 Å². The zero-order valence-corrected chi connectivity index (χ0v) is 14.2. The minimum atomic E-state index is -0.573. The molecule has 1 heterocycles. The van der Waals surface area contributed by atoms with E-state index in [9.17, 15) is 14.9 Å². The third-order valence-corrected chi connectivity index (χ3v) is 3.53. The summed E-state index contributed by atoms with van der Waals surface area (Å²) < 4.78 is 11.1. The molecule has 0 radical (unpaired) electrons. The van der Waals surface area contributed by atoms with E-state index in [-0.39, 0.29) is 13.2 Å². The maximum atomic E-state index is 12.1. The zero-order valence-electron chi connectivity index (χ0n) is 14.2. The number of hydrogen-bond acceptors (Lipinski definition) is 5. The smallest absolute Gasteiger partial charge is 0.418 e. The Balaban J connectivity index is 2.13. The molecule has 1 aromatic carbocycles. The van der Waals surface area contributed by atoms with Crippen molar-refractivity contribution < 1.29 is 19.1 Å². The van der Waals surface area contributed by atoms with E-state index < -0.39 is 12.2 Å². The molecule has 0 atom stereocenters. The standard InChI is InChI=1S/C19H19N3O4/c1-3-9-25-18(23)21-8-7-14-5-6-17-16(11-14)15(12-20)13-22(17)19(24)26-10-4-2/h3-6,11,13H,1-2,7-10H2,(H,21,23). The number of nitrogens with zero attached hydrogens (tertiary/aromatic N) is 2. The molecule has 1 aromatic heterocycles. The molecule has 0 aliphatic heterocycles. The van der Waals surface area contributed by atoms with E-state index in [2.05, 4.69) is 24.5 Å². The predicted octanol–water partition coefficient (Wildman–Crippen LogP) is 3.14. The van der Waals surface area contributed by atoms with Gasteiger partial charge in [-0.15, -0.1) is 0 Å². The molecule has 0 saturated heterocycles. The summed E-state index contributed by atoms with van der Waals surface area (Å²) in [4.78, 5) is 23.5. The molecule has 1 amide bonds. The number of hydrogen-bond donors (Lipinski definition) is 1. The highest BCUT2D eigenvalue weighted by Crippen LogP contribution is 2.23. The second-order valence-corrected chi connectivity index (χ2v) is 5.31. The lowest BCUT2D eigenvalue weighted by atomic mass is 10.1. The fraction of sp³-hybridized carbons (Fsp3) is 0.211. The van der Waals surface area contributed by atoms with Crippen LogP contribution >= 0.6 is 0 Å². The number of benzene rings is 1. The quantitative estimate of drug-likeness (QED) is 0.772. The van der Waals surface area contributed by atoms with E-state index in [0.717, 1.165) is 5.56 Å². The molecule has 0 spiro atoms. The largest absolute Gasteiger partial charge is 0.445 e. The minimum Gasteiger partial charge on any atom is -0.445 e. The molecule has 0 unspecified atom stereocenters. The number of nitrogens with one attached hydrogen (secondary N) is 1. The normalized spacial score (nSPS) is 9.96. The SMILES string of the molecule is C=CCOC(=O)NCCc1ccc2c(c1)c(C#N)cn2C(=O)OCC=C. The Kier molecular flexibility index (Phi) is 6.57. The van der Waals surface area contributed by atoms with Gasteiger partial charge in [0, 0.05) is 18.1 Å². The van der Waals surface area contributed by atoms with Crippen molar-refractivity contribution in [1.82, 2.24) is 9.88 Å². The van der Waals surface area contributed by atoms with Crippen molar-refractivity contribution in [3.05, 3.63) is 60.8 Å². The summed E-state index contributed by atoms with van der Waals surface area (Å²) in [7, 11) is 0. The van der Waals surface area contributed by atoms with E-state index in [1.165, 1.54) is 22.9 Å². The summed E-state index contributed by atoms with van der Waals surface area (Å²) in [5, 5.41) is 12.6. The van der Waals surface area contributed by atoms with Gasteiger partial charge in [-0.05, 0) is 24.1 Å². The molecule has 26 heavy (non-hydrogen) atoms. The van der Waals surface area contributed by atoms with Crippen molar-refractivity contribution in [2.45, 2.75) is 6.42 Å². The lowest BCUT2D eigenvalue weighted by Crippen LogP contribution is -2.26. The van der Waals surface area contributed by atoms with Crippen LogP contribution in [0.5, 0.6) is 0 Å². The highest BCUT2D eigenvalue weighted by molar-refractivity contribution is 5.94. The zero-order chi connectivity index (χ0) is 18.9. The van der Waals surface area contributed by atoms with E-state index in [1.54, 1.807) is 6.07 Å². The van der Waals surface area contributed by atoms with Gasteiger partial charge in [-0.1, -0.05) is 31.4 Å². The predicted molar refractivity (Wildman–Crippen MR) is 96.8 cm³/mol. The Hall–Kier alpha value is -3.53. The molecule has 0 aliphatic carbocycles. The summed E-state index contributed by atoms with van der Waals surface area (Å²) in [6.45, 7) is 7.58. The molecule has 7 nitrogen and oxygen atoms in total. The molecular formula is C19H19N3O4. The van der Waals surface area contributed by atoms with Crippen LogP contribution in [0.3, 0.4) is 0 Å². The lowest BCUT2D eigenvalue weighted by Gasteiger charge is -2.07. The lowest BCUT2D eigenvalue weighted by molar-refractivity contribution is 0.158. The average molecular weight is 353 g/mol. The first-order valence-electron chi connectivity index (χ1n) is 7.94. The first-order chi connectivity index (χ1) is 12.6. The van der Waals surface area contributed by atoms with Gasteiger partial charge in [0.15, 0.2) is 0 Å². The highest BCUT2D eigenvalue weighted by atomic mass is 16.6. The Morgan fingerprint density at radius 3 is 2.65 bits per heavy atom. The topological polar surface area (TPSA) is 93.4 Å². The van der Waals surface area contributed by atoms with E-state index in [4.69, 9.17) is 9.47 Å². The summed E-state index contributed by atoms with van der Waals surface area (Å²) in [5.41, 5.74) is 1.86. The van der Waals surface area contributed by atoms with Crippen LogP contribution < -0.4 is 5.32 Å². The van der Waals surface area contributed by atoms with Gasteiger partial charge in [0.05, 0.1) is 11.1 Å². The van der Waals surface area contributed by atoms with Crippen molar-refractivity contribution >= 4 is 23.1 Å². The molecular weight excluding hydrogens is 334 g/mol. The minimum absolute atomic E-state index is 0.0894. The van der Waals surface area contributed by atoms with Crippen LogP contribution in [-0.4, -0.2) is 36.5 Å². The molecule has 0 fully saturated rings. The maximum Gasteiger partial charge on any atom is 0.418 e. The number of ether oxygens (including phenoxy) is 2. The maximum absolute atomic E-state index is 12.1. The Labute approximate surface area is 151 Å². The number of rotatable bonds is 7. The van der Waals surface area contributed by atoms with Crippen molar-refractivity contribution in [1.29, 1.82) is 5.26 Å². The number of nitriles is 1. The molecule has 0 saturated carbocycles. The van der Waals surface area contributed by atoms with Gasteiger partial charge in [0.1, 0.15) is 19.3 Å². The van der Waals surface area contributed by atoms with Crippen LogP contribution in [0.1, 0.15) is 11.1 Å². The number of aromatic nitrogens is 1. The number of fused-ring (bicyclic) bond motifs is 1. The number of alkyl carbamates (subject to hydrolysis) is 1. The Bertz CT molecular complexity index is 877. The summed E-state index contributed by atoms with van der Waals surface area (Å²) >= 11 is 0. The van der Waals surface area contributed by atoms with Gasteiger partial charge < -0.3 is 14.8 Å². The average Bonchev–Trinajstić information content (AvgIpc) is 3.02. The van der Waals surface area contributed by atoms with Crippen molar-refractivity contribution in [2.24, 2.45) is 0 Å². The van der Waals surface area contributed by atoms with Crippen LogP contribution in [-0.2, 0) is 15.9 Å². The number of carbonyl (C=O) groups excluding carboxylic acids is 2. The molecule has 2 rings (SSSR count). The second kappa shape index (κ2) is 9.08. The van der Waals surface area contributed by atoms with Crippen molar-refractivity contribution in [3.63, 3.8) is 0 Å². The fourth-order valence-corrected chi connectivity index (χ4v) is 2.37. The first-order valence-corrected chi connectivity index (χ1v) is 7.94. The van der Waals surface area contributed by atoms with Crippen LogP contribution in [0.2, 0.25) is 0 Å². The summed E-state index contributed by atoms with van der Waals surface area (Å²) in [6, 6.07) is 7.48. The summed E-state index contributed by atoms with van der Waals surface area (Å²) in [6.07, 6.45) is 3.87. The van der Waals surface area contributed by atoms with Crippen molar-refractivity contribution in [2.75, 3.05) is 19.8 Å². The highest BCUT2D eigenvalue weighted by Gasteiger charge is 2.15. The molecule has 1 N–H and O–H groups in total. The first kappa shape index (κ1) is 18.8. The summed E-state index contributed by atoms with van der Waals surface area (Å²) in [5.74, 6) is 0. The molecule has 2 aromatic rings. The molecule has 0 bridgehead atoms. The third-order valence-electron chi connectivity index (χ3n) is 3.53.